The number of carbonyl (C=O) groups is 2. The second kappa shape index (κ2) is 10.4. The van der Waals surface area contributed by atoms with Crippen molar-refractivity contribution in [2.75, 3.05) is 32.8 Å². The first-order valence-corrected chi connectivity index (χ1v) is 11.3. The highest BCUT2D eigenvalue weighted by Gasteiger charge is 2.47. The fourth-order valence-corrected chi connectivity index (χ4v) is 4.23. The van der Waals surface area contributed by atoms with Crippen LogP contribution in [0, 0.1) is 0 Å². The van der Waals surface area contributed by atoms with Crippen LogP contribution in [0.1, 0.15) is 24.1 Å². The van der Waals surface area contributed by atoms with Crippen LogP contribution in [0.5, 0.6) is 23.0 Å². The van der Waals surface area contributed by atoms with Crippen LogP contribution in [-0.2, 0) is 9.59 Å². The average molecular weight is 490 g/mol. The molecule has 8 nitrogen and oxygen atoms in total. The van der Waals surface area contributed by atoms with Gasteiger partial charge in [-0.25, -0.2) is 0 Å². The van der Waals surface area contributed by atoms with Crippen LogP contribution in [0.3, 0.4) is 0 Å². The second-order valence-electron chi connectivity index (χ2n) is 7.94. The van der Waals surface area contributed by atoms with Crippen LogP contribution < -0.4 is 23.8 Å². The molecule has 0 aliphatic carbocycles. The van der Waals surface area contributed by atoms with Gasteiger partial charge in [-0.05, 0) is 61.0 Å². The zero-order chi connectivity index (χ0) is 25.8. The molecule has 0 bridgehead atoms. The Kier molecular flexibility index (Phi) is 7.15. The first-order chi connectivity index (χ1) is 17.4. The molecule has 1 aliphatic rings. The maximum atomic E-state index is 13.4. The third-order valence-electron chi connectivity index (χ3n) is 5.94. The molecule has 1 saturated heterocycles. The molecule has 1 fully saturated rings. The van der Waals surface area contributed by atoms with Crippen molar-refractivity contribution < 1.29 is 33.6 Å². The monoisotopic (exact) mass is 489 g/mol. The lowest BCUT2D eigenvalue weighted by Crippen LogP contribution is -2.29. The second-order valence-corrected chi connectivity index (χ2v) is 7.94. The largest absolute Gasteiger partial charge is 0.507 e. The van der Waals surface area contributed by atoms with Crippen molar-refractivity contribution in [3.63, 3.8) is 0 Å². The summed E-state index contributed by atoms with van der Waals surface area (Å²) in [6.45, 7) is 2.37. The lowest BCUT2D eigenvalue weighted by atomic mass is 9.94. The number of ether oxygens (including phenoxy) is 4. The summed E-state index contributed by atoms with van der Waals surface area (Å²) in [6.07, 6.45) is 0. The Morgan fingerprint density at radius 2 is 1.58 bits per heavy atom. The highest BCUT2D eigenvalue weighted by Crippen LogP contribution is 2.44. The number of rotatable bonds is 8. The highest BCUT2D eigenvalue weighted by atomic mass is 16.5. The fourth-order valence-electron chi connectivity index (χ4n) is 4.23. The van der Waals surface area contributed by atoms with E-state index in [0.717, 1.165) is 0 Å². The molecule has 0 spiro atoms. The van der Waals surface area contributed by atoms with Gasteiger partial charge in [-0.3, -0.25) is 14.5 Å². The number of ketones is 1. The number of carbonyl (C=O) groups excluding carboxylic acids is 2. The molecule has 0 aromatic heterocycles. The van der Waals surface area contributed by atoms with E-state index in [1.165, 1.54) is 26.2 Å². The van der Waals surface area contributed by atoms with E-state index in [9.17, 15) is 14.7 Å². The Labute approximate surface area is 209 Å². The summed E-state index contributed by atoms with van der Waals surface area (Å²) < 4.78 is 21.6. The van der Waals surface area contributed by atoms with Crippen molar-refractivity contribution in [1.29, 1.82) is 0 Å². The fraction of sp³-hybridized carbons (Fsp3) is 0.214. The topological polar surface area (TPSA) is 94.5 Å². The van der Waals surface area contributed by atoms with Gasteiger partial charge in [0.25, 0.3) is 11.7 Å². The Bertz CT molecular complexity index is 1310. The number of amides is 1. The molecular formula is C28H27NO7. The first-order valence-electron chi connectivity index (χ1n) is 11.3. The van der Waals surface area contributed by atoms with E-state index < -0.39 is 17.7 Å². The summed E-state index contributed by atoms with van der Waals surface area (Å²) >= 11 is 0. The third-order valence-corrected chi connectivity index (χ3v) is 5.94. The van der Waals surface area contributed by atoms with Crippen molar-refractivity contribution in [1.82, 2.24) is 0 Å². The molecule has 8 heteroatoms. The van der Waals surface area contributed by atoms with E-state index in [1.807, 2.05) is 6.92 Å². The van der Waals surface area contributed by atoms with Crippen LogP contribution in [0.4, 0.5) is 5.69 Å². The number of nitrogens with zero attached hydrogens (tertiary/aromatic N) is 1. The molecule has 1 aliphatic heterocycles. The number of aliphatic hydroxyl groups excluding tert-OH is 1. The molecule has 1 unspecified atom stereocenters. The van der Waals surface area contributed by atoms with Gasteiger partial charge in [0.05, 0.1) is 39.6 Å². The zero-order valence-corrected chi connectivity index (χ0v) is 20.5. The number of anilines is 1. The molecular weight excluding hydrogens is 462 g/mol. The van der Waals surface area contributed by atoms with Gasteiger partial charge < -0.3 is 24.1 Å². The molecule has 36 heavy (non-hydrogen) atoms. The zero-order valence-electron chi connectivity index (χ0n) is 20.5. The van der Waals surface area contributed by atoms with E-state index in [0.29, 0.717) is 46.4 Å². The van der Waals surface area contributed by atoms with Crippen LogP contribution in [-0.4, -0.2) is 44.7 Å². The van der Waals surface area contributed by atoms with E-state index in [2.05, 4.69) is 0 Å². The Hall–Kier alpha value is -4.46. The SMILES string of the molecule is CCOc1ccc(N2C(=O)C(=O)/C(=C(\O)c3cccc(OC)c3)C2c2ccc(OC)c(OC)c2)cc1. The molecule has 3 aromatic rings. The number of Topliss-reactive ketones (excluding diaryl/α,β-unsaturated/α-hetero) is 1. The third kappa shape index (κ3) is 4.45. The smallest absolute Gasteiger partial charge is 0.300 e. The van der Waals surface area contributed by atoms with E-state index in [1.54, 1.807) is 66.7 Å². The lowest BCUT2D eigenvalue weighted by molar-refractivity contribution is -0.132. The van der Waals surface area contributed by atoms with Crippen molar-refractivity contribution in [3.05, 3.63) is 83.4 Å². The van der Waals surface area contributed by atoms with Crippen LogP contribution in [0.25, 0.3) is 5.76 Å². The van der Waals surface area contributed by atoms with Crippen molar-refractivity contribution >= 4 is 23.1 Å². The molecule has 186 valence electrons. The Morgan fingerprint density at radius 1 is 0.861 bits per heavy atom. The molecule has 3 aromatic carbocycles. The van der Waals surface area contributed by atoms with Crippen molar-refractivity contribution in [3.8, 4) is 23.0 Å². The predicted octanol–water partition coefficient (Wildman–Crippen LogP) is 4.74. The van der Waals surface area contributed by atoms with Gasteiger partial charge in [-0.2, -0.15) is 0 Å². The Balaban J connectivity index is 1.93. The summed E-state index contributed by atoms with van der Waals surface area (Å²) in [6, 6.07) is 17.7. The van der Waals surface area contributed by atoms with Gasteiger partial charge >= 0.3 is 0 Å². The van der Waals surface area contributed by atoms with E-state index >= 15 is 0 Å². The predicted molar refractivity (Wildman–Crippen MR) is 135 cm³/mol. The number of hydrogen-bond acceptors (Lipinski definition) is 7. The molecule has 1 amide bonds. The normalized spacial score (nSPS) is 16.7. The molecule has 0 radical (unpaired) electrons. The minimum Gasteiger partial charge on any atom is -0.507 e. The molecule has 1 atom stereocenters. The maximum absolute atomic E-state index is 13.4. The Morgan fingerprint density at radius 3 is 2.22 bits per heavy atom. The molecule has 0 saturated carbocycles. The van der Waals surface area contributed by atoms with Crippen LogP contribution >= 0.6 is 0 Å². The number of aliphatic hydroxyl groups is 1. The summed E-state index contributed by atoms with van der Waals surface area (Å²) in [4.78, 5) is 28.1. The standard InChI is InChI=1S/C28H27NO7/c1-5-36-20-12-10-19(11-13-20)29-25(17-9-14-22(34-3)23(16-17)35-4)24(27(31)28(29)32)26(30)18-7-6-8-21(15-18)33-2/h6-16,25,30H,5H2,1-4H3/b26-24-. The van der Waals surface area contributed by atoms with Gasteiger partial charge in [-0.15, -0.1) is 0 Å². The first kappa shape index (κ1) is 24.7. The number of benzene rings is 3. The minimum absolute atomic E-state index is 0.0469. The number of methoxy groups -OCH3 is 3. The van der Waals surface area contributed by atoms with E-state index in [-0.39, 0.29) is 11.3 Å². The van der Waals surface area contributed by atoms with Crippen molar-refractivity contribution in [2.24, 2.45) is 0 Å². The lowest BCUT2D eigenvalue weighted by Gasteiger charge is -2.26. The highest BCUT2D eigenvalue weighted by molar-refractivity contribution is 6.51. The van der Waals surface area contributed by atoms with E-state index in [4.69, 9.17) is 18.9 Å². The summed E-state index contributed by atoms with van der Waals surface area (Å²) in [7, 11) is 4.53. The summed E-state index contributed by atoms with van der Waals surface area (Å²) in [5, 5.41) is 11.3. The molecule has 4 rings (SSSR count). The van der Waals surface area contributed by atoms with Crippen LogP contribution in [0.15, 0.2) is 72.3 Å². The summed E-state index contributed by atoms with van der Waals surface area (Å²) in [5.74, 6) is 0.188. The number of hydrogen-bond donors (Lipinski definition) is 1. The quantitative estimate of drug-likeness (QED) is 0.278. The van der Waals surface area contributed by atoms with Gasteiger partial charge in [-0.1, -0.05) is 18.2 Å². The van der Waals surface area contributed by atoms with Gasteiger partial charge in [0, 0.05) is 11.3 Å². The van der Waals surface area contributed by atoms with Crippen molar-refractivity contribution in [2.45, 2.75) is 13.0 Å². The van der Waals surface area contributed by atoms with Gasteiger partial charge in [0.2, 0.25) is 0 Å². The molecule has 1 N–H and O–H groups in total. The summed E-state index contributed by atoms with van der Waals surface area (Å²) in [5.41, 5.74) is 1.34. The van der Waals surface area contributed by atoms with Gasteiger partial charge in [0.15, 0.2) is 11.5 Å². The van der Waals surface area contributed by atoms with Gasteiger partial charge in [0.1, 0.15) is 17.3 Å². The minimum atomic E-state index is -0.922. The van der Waals surface area contributed by atoms with Crippen LogP contribution in [0.2, 0.25) is 0 Å². The molecule has 1 heterocycles. The maximum Gasteiger partial charge on any atom is 0.300 e. The average Bonchev–Trinajstić information content (AvgIpc) is 3.18.